The van der Waals surface area contributed by atoms with Gasteiger partial charge in [-0.25, -0.2) is 0 Å². The molecular formula is C28H24N2S2. The third-order valence-electron chi connectivity index (χ3n) is 5.68. The van der Waals surface area contributed by atoms with Crippen LogP contribution in [0.25, 0.3) is 21.5 Å². The van der Waals surface area contributed by atoms with Crippen molar-refractivity contribution in [2.45, 2.75) is 21.3 Å². The van der Waals surface area contributed by atoms with Crippen LogP contribution in [-0.2, 0) is 11.5 Å². The van der Waals surface area contributed by atoms with Gasteiger partial charge in [0.15, 0.2) is 0 Å². The molecule has 0 heterocycles. The molecule has 0 saturated heterocycles. The van der Waals surface area contributed by atoms with Crippen LogP contribution in [0.5, 0.6) is 0 Å². The molecule has 0 amide bonds. The number of nitrogens with two attached hydrogens (primary N) is 2. The maximum absolute atomic E-state index is 5.86. The maximum Gasteiger partial charge on any atom is 0.0314 e. The average Bonchev–Trinajstić information content (AvgIpc) is 2.83. The maximum atomic E-state index is 5.86. The molecule has 0 bridgehead atoms. The first-order valence-electron chi connectivity index (χ1n) is 10.6. The molecule has 5 aromatic rings. The lowest BCUT2D eigenvalue weighted by molar-refractivity contribution is 1.40. The van der Waals surface area contributed by atoms with Gasteiger partial charge in [-0.05, 0) is 81.2 Å². The summed E-state index contributed by atoms with van der Waals surface area (Å²) in [6.45, 7) is 0. The van der Waals surface area contributed by atoms with E-state index in [1.54, 1.807) is 0 Å². The van der Waals surface area contributed by atoms with Crippen LogP contribution in [-0.4, -0.2) is 0 Å². The molecule has 32 heavy (non-hydrogen) atoms. The number of thioether (sulfide) groups is 2. The lowest BCUT2D eigenvalue weighted by atomic mass is 9.93. The molecule has 5 rings (SSSR count). The molecule has 0 saturated carbocycles. The molecule has 4 heteroatoms. The third kappa shape index (κ3) is 4.29. The Labute approximate surface area is 197 Å². The minimum Gasteiger partial charge on any atom is -0.399 e. The summed E-state index contributed by atoms with van der Waals surface area (Å²) in [6, 6.07) is 33.9. The summed E-state index contributed by atoms with van der Waals surface area (Å²) in [4.78, 5) is 2.46. The molecular weight excluding hydrogens is 428 g/mol. The molecule has 5 aromatic carbocycles. The number of fused-ring (bicyclic) bond motifs is 2. The summed E-state index contributed by atoms with van der Waals surface area (Å²) in [6.07, 6.45) is 0. The highest BCUT2D eigenvalue weighted by molar-refractivity contribution is 7.98. The monoisotopic (exact) mass is 452 g/mol. The molecule has 0 radical (unpaired) electrons. The van der Waals surface area contributed by atoms with Crippen LogP contribution in [0.2, 0.25) is 0 Å². The van der Waals surface area contributed by atoms with E-state index in [0.717, 1.165) is 22.9 Å². The minimum absolute atomic E-state index is 0.799. The Balaban J connectivity index is 1.56. The van der Waals surface area contributed by atoms with Crippen molar-refractivity contribution in [3.8, 4) is 0 Å². The Morgan fingerprint density at radius 3 is 1.06 bits per heavy atom. The van der Waals surface area contributed by atoms with Crippen molar-refractivity contribution in [3.63, 3.8) is 0 Å². The van der Waals surface area contributed by atoms with Gasteiger partial charge in [0, 0.05) is 32.7 Å². The molecule has 0 atom stereocenters. The lowest BCUT2D eigenvalue weighted by Gasteiger charge is -2.17. The first kappa shape index (κ1) is 20.8. The van der Waals surface area contributed by atoms with Gasteiger partial charge in [-0.2, -0.15) is 0 Å². The topological polar surface area (TPSA) is 52.0 Å². The molecule has 0 spiro atoms. The highest BCUT2D eigenvalue weighted by Crippen LogP contribution is 2.39. The highest BCUT2D eigenvalue weighted by Gasteiger charge is 2.14. The van der Waals surface area contributed by atoms with Crippen molar-refractivity contribution in [1.29, 1.82) is 0 Å². The van der Waals surface area contributed by atoms with Crippen molar-refractivity contribution in [2.75, 3.05) is 11.5 Å². The van der Waals surface area contributed by atoms with Gasteiger partial charge in [0.1, 0.15) is 0 Å². The zero-order valence-electron chi connectivity index (χ0n) is 17.6. The van der Waals surface area contributed by atoms with E-state index in [-0.39, 0.29) is 0 Å². The third-order valence-corrected chi connectivity index (χ3v) is 7.76. The molecule has 0 aromatic heterocycles. The fourth-order valence-electron chi connectivity index (χ4n) is 4.06. The van der Waals surface area contributed by atoms with Gasteiger partial charge in [-0.3, -0.25) is 0 Å². The van der Waals surface area contributed by atoms with E-state index < -0.39 is 0 Å². The van der Waals surface area contributed by atoms with Crippen LogP contribution in [0.15, 0.2) is 107 Å². The standard InChI is InChI=1S/C28H24N2S2/c29-19-9-13-21(14-10-19)31-17-27-23-5-1-2-6-24(23)28(26-8-4-3-7-25(26)27)18-32-22-15-11-20(30)12-16-22/h1-16H,17-18,29-30H2. The van der Waals surface area contributed by atoms with Gasteiger partial charge >= 0.3 is 0 Å². The second-order valence-corrected chi connectivity index (χ2v) is 9.86. The molecule has 0 aliphatic rings. The largest absolute Gasteiger partial charge is 0.399 e. The summed E-state index contributed by atoms with van der Waals surface area (Å²) < 4.78 is 0. The van der Waals surface area contributed by atoms with Gasteiger partial charge in [0.25, 0.3) is 0 Å². The molecule has 0 fully saturated rings. The molecule has 0 aliphatic carbocycles. The highest BCUT2D eigenvalue weighted by atomic mass is 32.2. The Kier molecular flexibility index (Phi) is 5.97. The van der Waals surface area contributed by atoms with Crippen LogP contribution >= 0.6 is 23.5 Å². The normalized spacial score (nSPS) is 11.2. The predicted octanol–water partition coefficient (Wildman–Crippen LogP) is 7.74. The second-order valence-electron chi connectivity index (χ2n) is 7.76. The second kappa shape index (κ2) is 9.19. The van der Waals surface area contributed by atoms with Gasteiger partial charge in [0.2, 0.25) is 0 Å². The van der Waals surface area contributed by atoms with Crippen molar-refractivity contribution >= 4 is 56.4 Å². The first-order valence-corrected chi connectivity index (χ1v) is 12.5. The molecule has 0 unspecified atom stereocenters. The number of benzene rings is 5. The zero-order chi connectivity index (χ0) is 21.9. The fourth-order valence-corrected chi connectivity index (χ4v) is 5.96. The smallest absolute Gasteiger partial charge is 0.0314 e. The van der Waals surface area contributed by atoms with E-state index in [1.807, 2.05) is 47.8 Å². The van der Waals surface area contributed by atoms with Crippen LogP contribution < -0.4 is 11.5 Å². The van der Waals surface area contributed by atoms with Crippen molar-refractivity contribution in [3.05, 3.63) is 108 Å². The Morgan fingerprint density at radius 1 is 0.438 bits per heavy atom. The minimum atomic E-state index is 0.799. The number of hydrogen-bond acceptors (Lipinski definition) is 4. The quantitative estimate of drug-likeness (QED) is 0.157. The Hall–Kier alpha value is -3.08. The Morgan fingerprint density at radius 2 is 0.750 bits per heavy atom. The number of nitrogen functional groups attached to an aromatic ring is 2. The van der Waals surface area contributed by atoms with Crippen LogP contribution in [0.4, 0.5) is 11.4 Å². The molecule has 2 nitrogen and oxygen atoms in total. The van der Waals surface area contributed by atoms with Gasteiger partial charge in [-0.15, -0.1) is 23.5 Å². The number of hydrogen-bond donors (Lipinski definition) is 2. The number of rotatable bonds is 6. The van der Waals surface area contributed by atoms with E-state index in [0.29, 0.717) is 0 Å². The van der Waals surface area contributed by atoms with E-state index >= 15 is 0 Å². The Bertz CT molecular complexity index is 1210. The van der Waals surface area contributed by atoms with Gasteiger partial charge < -0.3 is 11.5 Å². The summed E-state index contributed by atoms with van der Waals surface area (Å²) in [7, 11) is 0. The van der Waals surface area contributed by atoms with Gasteiger partial charge in [-0.1, -0.05) is 48.5 Å². The van der Waals surface area contributed by atoms with E-state index in [1.165, 1.54) is 42.5 Å². The van der Waals surface area contributed by atoms with E-state index in [4.69, 9.17) is 11.5 Å². The summed E-state index contributed by atoms with van der Waals surface area (Å²) in [5.74, 6) is 1.83. The van der Waals surface area contributed by atoms with Crippen molar-refractivity contribution < 1.29 is 0 Å². The van der Waals surface area contributed by atoms with Crippen molar-refractivity contribution in [1.82, 2.24) is 0 Å². The van der Waals surface area contributed by atoms with Crippen LogP contribution in [0, 0.1) is 0 Å². The molecule has 0 aliphatic heterocycles. The van der Waals surface area contributed by atoms with Crippen LogP contribution in [0.3, 0.4) is 0 Å². The summed E-state index contributed by atoms with van der Waals surface area (Å²) >= 11 is 3.71. The lowest BCUT2D eigenvalue weighted by Crippen LogP contribution is -1.94. The van der Waals surface area contributed by atoms with E-state index in [9.17, 15) is 0 Å². The van der Waals surface area contributed by atoms with Crippen molar-refractivity contribution in [2.24, 2.45) is 0 Å². The first-order chi connectivity index (χ1) is 15.7. The fraction of sp³-hybridized carbons (Fsp3) is 0.0714. The zero-order valence-corrected chi connectivity index (χ0v) is 19.3. The average molecular weight is 453 g/mol. The predicted molar refractivity (Wildman–Crippen MR) is 142 cm³/mol. The summed E-state index contributed by atoms with van der Waals surface area (Å²) in [5, 5.41) is 5.34. The molecule has 158 valence electrons. The van der Waals surface area contributed by atoms with E-state index in [2.05, 4.69) is 72.8 Å². The molecule has 4 N–H and O–H groups in total. The SMILES string of the molecule is Nc1ccc(SCc2c3ccccc3c(CSc3ccc(N)cc3)c3ccccc23)cc1. The van der Waals surface area contributed by atoms with Crippen LogP contribution in [0.1, 0.15) is 11.1 Å². The number of anilines is 2. The van der Waals surface area contributed by atoms with Gasteiger partial charge in [0.05, 0.1) is 0 Å². The summed E-state index contributed by atoms with van der Waals surface area (Å²) in [5.41, 5.74) is 16.1.